The number of anilines is 1. The van der Waals surface area contributed by atoms with Crippen LogP contribution in [0.4, 0.5) is 11.6 Å². The average molecular weight is 325 g/mol. The monoisotopic (exact) mass is 324 g/mol. The maximum Gasteiger partial charge on any atom is 0.273 e. The average Bonchev–Trinajstić information content (AvgIpc) is 2.36. The molecule has 98 valence electrons. The topological polar surface area (TPSA) is 104 Å². The van der Waals surface area contributed by atoms with Crippen molar-refractivity contribution >= 4 is 27.6 Å². The second kappa shape index (κ2) is 5.19. The van der Waals surface area contributed by atoms with Crippen LogP contribution in [0.25, 0.3) is 0 Å². The van der Waals surface area contributed by atoms with E-state index < -0.39 is 4.92 Å². The van der Waals surface area contributed by atoms with Gasteiger partial charge in [0, 0.05) is 6.07 Å². The van der Waals surface area contributed by atoms with Crippen LogP contribution in [0.5, 0.6) is 11.6 Å². The summed E-state index contributed by atoms with van der Waals surface area (Å²) in [6.07, 6.45) is 1.45. The number of nitro groups is 1. The van der Waals surface area contributed by atoms with E-state index in [-0.39, 0.29) is 17.5 Å². The van der Waals surface area contributed by atoms with E-state index in [0.717, 1.165) is 5.56 Å². The van der Waals surface area contributed by atoms with Crippen LogP contribution in [-0.4, -0.2) is 14.9 Å². The molecule has 0 aliphatic heterocycles. The highest BCUT2D eigenvalue weighted by atomic mass is 79.9. The first kappa shape index (κ1) is 13.2. The summed E-state index contributed by atoms with van der Waals surface area (Å²) in [6, 6.07) is 4.34. The van der Waals surface area contributed by atoms with Crippen molar-refractivity contribution in [1.29, 1.82) is 0 Å². The molecule has 0 saturated carbocycles. The van der Waals surface area contributed by atoms with Crippen molar-refractivity contribution in [3.8, 4) is 11.6 Å². The molecule has 0 aliphatic rings. The summed E-state index contributed by atoms with van der Waals surface area (Å²) < 4.78 is 6.04. The molecule has 1 aromatic heterocycles. The number of hydrogen-bond donors (Lipinski definition) is 1. The van der Waals surface area contributed by atoms with Crippen molar-refractivity contribution in [2.75, 3.05) is 5.73 Å². The Morgan fingerprint density at radius 1 is 1.47 bits per heavy atom. The number of nitrogens with zero attached hydrogens (tertiary/aromatic N) is 3. The molecule has 0 atom stereocenters. The Bertz CT molecular complexity index is 648. The third-order valence-corrected chi connectivity index (χ3v) is 2.86. The molecular weight excluding hydrogens is 316 g/mol. The number of hydrogen-bond acceptors (Lipinski definition) is 6. The Labute approximate surface area is 116 Å². The predicted molar refractivity (Wildman–Crippen MR) is 72.1 cm³/mol. The maximum absolute atomic E-state index is 10.7. The fourth-order valence-corrected chi connectivity index (χ4v) is 1.62. The zero-order valence-corrected chi connectivity index (χ0v) is 11.4. The van der Waals surface area contributed by atoms with Crippen LogP contribution in [0.1, 0.15) is 5.56 Å². The Morgan fingerprint density at radius 2 is 2.21 bits per heavy atom. The maximum atomic E-state index is 10.7. The van der Waals surface area contributed by atoms with Gasteiger partial charge in [0.1, 0.15) is 5.75 Å². The highest BCUT2D eigenvalue weighted by molar-refractivity contribution is 9.10. The normalized spacial score (nSPS) is 10.2. The van der Waals surface area contributed by atoms with Gasteiger partial charge in [0.05, 0.1) is 21.7 Å². The highest BCUT2D eigenvalue weighted by Crippen LogP contribution is 2.31. The molecule has 0 fully saturated rings. The van der Waals surface area contributed by atoms with E-state index in [1.807, 2.05) is 0 Å². The lowest BCUT2D eigenvalue weighted by atomic mass is 10.2. The molecule has 19 heavy (non-hydrogen) atoms. The van der Waals surface area contributed by atoms with Crippen molar-refractivity contribution in [3.63, 3.8) is 0 Å². The molecule has 0 bridgehead atoms. The molecule has 0 aliphatic carbocycles. The molecule has 1 heterocycles. The lowest BCUT2D eigenvalue weighted by Gasteiger charge is -2.09. The fourth-order valence-electron chi connectivity index (χ4n) is 1.35. The lowest BCUT2D eigenvalue weighted by molar-refractivity contribution is -0.384. The Balaban J connectivity index is 2.40. The summed E-state index contributed by atoms with van der Waals surface area (Å²) in [5.74, 6) is 0.602. The van der Waals surface area contributed by atoms with E-state index in [9.17, 15) is 10.1 Å². The minimum Gasteiger partial charge on any atom is -0.437 e. The molecule has 0 unspecified atom stereocenters. The molecule has 8 heteroatoms. The van der Waals surface area contributed by atoms with Crippen LogP contribution in [0.2, 0.25) is 0 Å². The highest BCUT2D eigenvalue weighted by Gasteiger charge is 2.13. The van der Waals surface area contributed by atoms with E-state index in [1.165, 1.54) is 18.3 Å². The molecule has 0 radical (unpaired) electrons. The van der Waals surface area contributed by atoms with E-state index in [4.69, 9.17) is 10.5 Å². The van der Waals surface area contributed by atoms with Gasteiger partial charge < -0.3 is 10.5 Å². The van der Waals surface area contributed by atoms with Gasteiger partial charge in [0.25, 0.3) is 5.69 Å². The van der Waals surface area contributed by atoms with Gasteiger partial charge in [-0.05, 0) is 34.5 Å². The van der Waals surface area contributed by atoms with E-state index in [0.29, 0.717) is 10.2 Å². The van der Waals surface area contributed by atoms with Gasteiger partial charge >= 0.3 is 0 Å². The molecule has 7 nitrogen and oxygen atoms in total. The SMILES string of the molecule is Cc1ccc([N+](=O)[O-])cc1Oc1nc(N)ncc1Br. The number of benzene rings is 1. The van der Waals surface area contributed by atoms with E-state index in [1.54, 1.807) is 13.0 Å². The second-order valence-corrected chi connectivity index (χ2v) is 4.54. The summed E-state index contributed by atoms with van der Waals surface area (Å²) in [5.41, 5.74) is 6.15. The Hall–Kier alpha value is -2.22. The number of nitrogens with two attached hydrogens (primary N) is 1. The third-order valence-electron chi connectivity index (χ3n) is 2.32. The van der Waals surface area contributed by atoms with Crippen LogP contribution in [0, 0.1) is 17.0 Å². The van der Waals surface area contributed by atoms with Crippen molar-refractivity contribution in [2.24, 2.45) is 0 Å². The smallest absolute Gasteiger partial charge is 0.273 e. The second-order valence-electron chi connectivity index (χ2n) is 3.69. The quantitative estimate of drug-likeness (QED) is 0.687. The van der Waals surface area contributed by atoms with E-state index >= 15 is 0 Å². The van der Waals surface area contributed by atoms with Crippen LogP contribution >= 0.6 is 15.9 Å². The first-order valence-electron chi connectivity index (χ1n) is 5.18. The minimum absolute atomic E-state index is 0.0567. The summed E-state index contributed by atoms with van der Waals surface area (Å²) >= 11 is 3.22. The van der Waals surface area contributed by atoms with Crippen LogP contribution in [0.15, 0.2) is 28.9 Å². The van der Waals surface area contributed by atoms with Gasteiger partial charge in [-0.15, -0.1) is 0 Å². The van der Waals surface area contributed by atoms with Crippen LogP contribution in [0.3, 0.4) is 0 Å². The summed E-state index contributed by atoms with van der Waals surface area (Å²) in [6.45, 7) is 1.78. The van der Waals surface area contributed by atoms with Crippen molar-refractivity contribution in [2.45, 2.75) is 6.92 Å². The summed E-state index contributed by atoms with van der Waals surface area (Å²) in [5, 5.41) is 10.7. The number of non-ortho nitro benzene ring substituents is 1. The Morgan fingerprint density at radius 3 is 2.89 bits per heavy atom. The third kappa shape index (κ3) is 2.97. The van der Waals surface area contributed by atoms with Crippen LogP contribution in [-0.2, 0) is 0 Å². The number of ether oxygens (including phenoxy) is 1. The largest absolute Gasteiger partial charge is 0.437 e. The van der Waals surface area contributed by atoms with Gasteiger partial charge in [-0.3, -0.25) is 10.1 Å². The molecule has 0 spiro atoms. The fraction of sp³-hybridized carbons (Fsp3) is 0.0909. The number of halogens is 1. The Kier molecular flexibility index (Phi) is 3.61. The molecule has 0 amide bonds. The van der Waals surface area contributed by atoms with Gasteiger partial charge in [0.15, 0.2) is 0 Å². The number of nitro benzene ring substituents is 1. The van der Waals surface area contributed by atoms with Crippen molar-refractivity contribution < 1.29 is 9.66 Å². The molecule has 2 N–H and O–H groups in total. The standard InChI is InChI=1S/C11H9BrN4O3/c1-6-2-3-7(16(17)18)4-9(6)19-10-8(12)5-14-11(13)15-10/h2-5H,1H3,(H2,13,14,15). The lowest BCUT2D eigenvalue weighted by Crippen LogP contribution is -1.98. The number of aromatic nitrogens is 2. The van der Waals surface area contributed by atoms with Gasteiger partial charge in [-0.25, -0.2) is 4.98 Å². The van der Waals surface area contributed by atoms with Crippen molar-refractivity contribution in [1.82, 2.24) is 9.97 Å². The minimum atomic E-state index is -0.490. The predicted octanol–water partition coefficient (Wildman–Crippen LogP) is 2.83. The first-order valence-corrected chi connectivity index (χ1v) is 5.97. The number of nitrogen functional groups attached to an aromatic ring is 1. The summed E-state index contributed by atoms with van der Waals surface area (Å²) in [7, 11) is 0. The van der Waals surface area contributed by atoms with Gasteiger partial charge in [-0.1, -0.05) is 0 Å². The van der Waals surface area contributed by atoms with Crippen molar-refractivity contribution in [3.05, 3.63) is 44.5 Å². The van der Waals surface area contributed by atoms with Crippen LogP contribution < -0.4 is 10.5 Å². The van der Waals surface area contributed by atoms with E-state index in [2.05, 4.69) is 25.9 Å². The molecular formula is C11H9BrN4O3. The molecule has 0 saturated heterocycles. The number of aryl methyl sites for hydroxylation is 1. The molecule has 1 aromatic carbocycles. The summed E-state index contributed by atoms with van der Waals surface area (Å²) in [4.78, 5) is 17.9. The zero-order chi connectivity index (χ0) is 14.0. The van der Waals surface area contributed by atoms with Gasteiger partial charge in [0.2, 0.25) is 11.8 Å². The van der Waals surface area contributed by atoms with Gasteiger partial charge in [-0.2, -0.15) is 4.98 Å². The number of rotatable bonds is 3. The molecule has 2 rings (SSSR count). The zero-order valence-electron chi connectivity index (χ0n) is 9.83. The molecule has 2 aromatic rings. The first-order chi connectivity index (χ1) is 8.97.